The second kappa shape index (κ2) is 3.46. The van der Waals surface area contributed by atoms with Gasteiger partial charge in [-0.2, -0.15) is 0 Å². The molecular weight excluding hydrogens is 152 g/mol. The van der Waals surface area contributed by atoms with Crippen molar-refractivity contribution in [3.05, 3.63) is 0 Å². The van der Waals surface area contributed by atoms with Gasteiger partial charge in [0, 0.05) is 11.8 Å². The second-order valence-electron chi connectivity index (χ2n) is 4.59. The molecule has 0 heterocycles. The molecule has 0 amide bonds. The lowest BCUT2D eigenvalue weighted by Gasteiger charge is -2.37. The lowest BCUT2D eigenvalue weighted by molar-refractivity contribution is -0.166. The van der Waals surface area contributed by atoms with E-state index in [2.05, 4.69) is 20.8 Å². The van der Waals surface area contributed by atoms with Crippen molar-refractivity contribution in [2.24, 2.45) is 5.41 Å². The molecule has 12 heavy (non-hydrogen) atoms. The third-order valence-electron chi connectivity index (χ3n) is 2.46. The van der Waals surface area contributed by atoms with Crippen LogP contribution in [0, 0.1) is 5.41 Å². The van der Waals surface area contributed by atoms with Gasteiger partial charge in [0.2, 0.25) is 0 Å². The van der Waals surface area contributed by atoms with E-state index in [4.69, 9.17) is 4.74 Å². The Kier molecular flexibility index (Phi) is 3.31. The highest BCUT2D eigenvalue weighted by Gasteiger charge is 2.35. The van der Waals surface area contributed by atoms with Gasteiger partial charge in [-0.15, -0.1) is 0 Å². The summed E-state index contributed by atoms with van der Waals surface area (Å²) in [6.45, 7) is 11.9. The molecule has 0 aromatic heterocycles. The first-order valence-electron chi connectivity index (χ1n) is 4.42. The molecule has 0 aliphatic heterocycles. The predicted molar refractivity (Wildman–Crippen MR) is 49.9 cm³/mol. The molecule has 0 aliphatic rings. The number of hydrogen-bond acceptors (Lipinski definition) is 2. The van der Waals surface area contributed by atoms with Crippen LogP contribution in [0.3, 0.4) is 0 Å². The molecule has 0 fully saturated rings. The normalized spacial score (nSPS) is 12.8. The minimum absolute atomic E-state index is 0.0160. The van der Waals surface area contributed by atoms with Crippen molar-refractivity contribution in [3.63, 3.8) is 0 Å². The summed E-state index contributed by atoms with van der Waals surface area (Å²) in [6, 6.07) is 0. The summed E-state index contributed by atoms with van der Waals surface area (Å²) in [5.41, 5.74) is -0.405. The van der Waals surface area contributed by atoms with Crippen molar-refractivity contribution in [3.8, 4) is 0 Å². The van der Waals surface area contributed by atoms with Gasteiger partial charge in [-0.1, -0.05) is 27.7 Å². The maximum atomic E-state index is 11.1. The molecule has 0 aromatic carbocycles. The molecule has 0 spiro atoms. The minimum Gasteiger partial charge on any atom is -0.459 e. The standard InChI is InChI=1S/C10H20O2/c1-7-8(11)12-10(5,6)9(2,3)4/h7H2,1-6H3. The summed E-state index contributed by atoms with van der Waals surface area (Å²) in [7, 11) is 0. The van der Waals surface area contributed by atoms with E-state index in [-0.39, 0.29) is 17.0 Å². The van der Waals surface area contributed by atoms with Crippen molar-refractivity contribution in [2.75, 3.05) is 0 Å². The van der Waals surface area contributed by atoms with Gasteiger partial charge in [0.15, 0.2) is 0 Å². The Labute approximate surface area is 75.3 Å². The first-order chi connectivity index (χ1) is 5.20. The first-order valence-corrected chi connectivity index (χ1v) is 4.42. The Morgan fingerprint density at radius 1 is 1.17 bits per heavy atom. The van der Waals surface area contributed by atoms with E-state index >= 15 is 0 Å². The smallest absolute Gasteiger partial charge is 0.306 e. The Bertz CT molecular complexity index is 163. The van der Waals surface area contributed by atoms with Crippen LogP contribution < -0.4 is 0 Å². The minimum atomic E-state index is -0.389. The van der Waals surface area contributed by atoms with Gasteiger partial charge in [-0.05, 0) is 13.8 Å². The van der Waals surface area contributed by atoms with E-state index in [0.717, 1.165) is 0 Å². The Balaban J connectivity index is 4.33. The fourth-order valence-electron chi connectivity index (χ4n) is 0.510. The number of esters is 1. The molecule has 0 bridgehead atoms. The highest BCUT2D eigenvalue weighted by molar-refractivity contribution is 5.69. The molecule has 2 heteroatoms. The Hall–Kier alpha value is -0.530. The van der Waals surface area contributed by atoms with Crippen molar-refractivity contribution in [1.29, 1.82) is 0 Å². The average molecular weight is 172 g/mol. The maximum absolute atomic E-state index is 11.1. The van der Waals surface area contributed by atoms with Crippen molar-refractivity contribution >= 4 is 5.97 Å². The van der Waals surface area contributed by atoms with E-state index in [9.17, 15) is 4.79 Å². The molecule has 0 atom stereocenters. The third kappa shape index (κ3) is 2.84. The molecule has 0 rings (SSSR count). The molecule has 0 aromatic rings. The molecular formula is C10H20O2. The van der Waals surface area contributed by atoms with Crippen LogP contribution in [0.4, 0.5) is 0 Å². The van der Waals surface area contributed by atoms with E-state index in [1.165, 1.54) is 0 Å². The lowest BCUT2D eigenvalue weighted by atomic mass is 9.79. The number of hydrogen-bond donors (Lipinski definition) is 0. The van der Waals surface area contributed by atoms with E-state index in [1.807, 2.05) is 13.8 Å². The zero-order valence-electron chi connectivity index (χ0n) is 9.02. The van der Waals surface area contributed by atoms with Crippen molar-refractivity contribution in [1.82, 2.24) is 0 Å². The van der Waals surface area contributed by atoms with Gasteiger partial charge in [0.25, 0.3) is 0 Å². The zero-order valence-corrected chi connectivity index (χ0v) is 9.02. The highest BCUT2D eigenvalue weighted by atomic mass is 16.6. The second-order valence-corrected chi connectivity index (χ2v) is 4.59. The molecule has 0 saturated carbocycles. The number of carbonyl (C=O) groups is 1. The third-order valence-corrected chi connectivity index (χ3v) is 2.46. The Morgan fingerprint density at radius 2 is 1.58 bits per heavy atom. The van der Waals surface area contributed by atoms with Crippen LogP contribution in [-0.4, -0.2) is 11.6 Å². The zero-order chi connectivity index (χ0) is 9.99. The lowest BCUT2D eigenvalue weighted by Crippen LogP contribution is -2.41. The van der Waals surface area contributed by atoms with Gasteiger partial charge in [-0.25, -0.2) is 0 Å². The molecule has 2 nitrogen and oxygen atoms in total. The van der Waals surface area contributed by atoms with Crippen LogP contribution in [0.15, 0.2) is 0 Å². The van der Waals surface area contributed by atoms with Gasteiger partial charge < -0.3 is 4.74 Å². The monoisotopic (exact) mass is 172 g/mol. The van der Waals surface area contributed by atoms with Gasteiger partial charge in [0.1, 0.15) is 5.60 Å². The summed E-state index contributed by atoms with van der Waals surface area (Å²) in [4.78, 5) is 11.1. The quantitative estimate of drug-likeness (QED) is 0.599. The van der Waals surface area contributed by atoms with E-state index in [1.54, 1.807) is 6.92 Å². The largest absolute Gasteiger partial charge is 0.459 e. The maximum Gasteiger partial charge on any atom is 0.306 e. The fourth-order valence-corrected chi connectivity index (χ4v) is 0.510. The number of rotatable bonds is 2. The van der Waals surface area contributed by atoms with Crippen LogP contribution in [0.1, 0.15) is 48.0 Å². The molecule has 0 unspecified atom stereocenters. The van der Waals surface area contributed by atoms with Gasteiger partial charge >= 0.3 is 5.97 Å². The van der Waals surface area contributed by atoms with E-state index < -0.39 is 0 Å². The first kappa shape index (κ1) is 11.5. The molecule has 72 valence electrons. The summed E-state index contributed by atoms with van der Waals surface area (Å²) in [5.74, 6) is -0.130. The summed E-state index contributed by atoms with van der Waals surface area (Å²) in [6.07, 6.45) is 0.444. The fraction of sp³-hybridized carbons (Fsp3) is 0.900. The number of carbonyl (C=O) groups excluding carboxylic acids is 1. The SMILES string of the molecule is CCC(=O)OC(C)(C)C(C)(C)C. The molecule has 0 N–H and O–H groups in total. The highest BCUT2D eigenvalue weighted by Crippen LogP contribution is 2.33. The van der Waals surface area contributed by atoms with Crippen LogP contribution in [0.25, 0.3) is 0 Å². The van der Waals surface area contributed by atoms with Crippen molar-refractivity contribution < 1.29 is 9.53 Å². The van der Waals surface area contributed by atoms with Crippen LogP contribution in [-0.2, 0) is 9.53 Å². The van der Waals surface area contributed by atoms with Crippen LogP contribution in [0.5, 0.6) is 0 Å². The molecule has 0 saturated heterocycles. The topological polar surface area (TPSA) is 26.3 Å². The van der Waals surface area contributed by atoms with Gasteiger partial charge in [0.05, 0.1) is 0 Å². The predicted octanol–water partition coefficient (Wildman–Crippen LogP) is 2.76. The van der Waals surface area contributed by atoms with Crippen LogP contribution in [0.2, 0.25) is 0 Å². The average Bonchev–Trinajstić information content (AvgIpc) is 1.84. The molecule has 0 radical (unpaired) electrons. The van der Waals surface area contributed by atoms with Crippen molar-refractivity contribution in [2.45, 2.75) is 53.6 Å². The van der Waals surface area contributed by atoms with E-state index in [0.29, 0.717) is 6.42 Å². The Morgan fingerprint density at radius 3 is 1.83 bits per heavy atom. The van der Waals surface area contributed by atoms with Crippen LogP contribution >= 0.6 is 0 Å². The summed E-state index contributed by atoms with van der Waals surface area (Å²) < 4.78 is 5.31. The summed E-state index contributed by atoms with van der Waals surface area (Å²) >= 11 is 0. The summed E-state index contributed by atoms with van der Waals surface area (Å²) in [5, 5.41) is 0. The number of ether oxygens (including phenoxy) is 1. The van der Waals surface area contributed by atoms with Gasteiger partial charge in [-0.3, -0.25) is 4.79 Å². The molecule has 0 aliphatic carbocycles.